The molecule has 1 aromatic rings. The monoisotopic (exact) mass is 313 g/mol. The second-order valence-electron chi connectivity index (χ2n) is 5.67. The molecule has 1 aliphatic carbocycles. The van der Waals surface area contributed by atoms with Crippen LogP contribution in [-0.4, -0.2) is 35.1 Å². The molecule has 1 saturated carbocycles. The number of amides is 1. The molecule has 3 rings (SSSR count). The number of aliphatic hydroxyl groups is 1. The molecule has 1 saturated heterocycles. The first kappa shape index (κ1) is 14.2. The number of hydrogen-bond donors (Lipinski definition) is 1. The fraction of sp³-hybridized carbons (Fsp3) is 0.533. The van der Waals surface area contributed by atoms with E-state index >= 15 is 0 Å². The summed E-state index contributed by atoms with van der Waals surface area (Å²) >= 11 is 12.1. The van der Waals surface area contributed by atoms with Crippen molar-refractivity contribution in [3.8, 4) is 0 Å². The van der Waals surface area contributed by atoms with Gasteiger partial charge in [0.15, 0.2) is 0 Å². The normalized spacial score (nSPS) is 26.6. The molecule has 0 bridgehead atoms. The third-order valence-electron chi connectivity index (χ3n) is 4.25. The molecule has 108 valence electrons. The number of piperidine rings is 1. The van der Waals surface area contributed by atoms with Crippen molar-refractivity contribution in [3.63, 3.8) is 0 Å². The number of aliphatic hydroxyl groups excluding tert-OH is 1. The Morgan fingerprint density at radius 3 is 2.60 bits per heavy atom. The van der Waals surface area contributed by atoms with Gasteiger partial charge in [-0.15, -0.1) is 0 Å². The number of likely N-dealkylation sites (tertiary alicyclic amines) is 1. The minimum atomic E-state index is -0.250. The highest BCUT2D eigenvalue weighted by molar-refractivity contribution is 6.35. The lowest BCUT2D eigenvalue weighted by Gasteiger charge is -2.29. The van der Waals surface area contributed by atoms with Gasteiger partial charge in [0.25, 0.3) is 0 Å². The van der Waals surface area contributed by atoms with E-state index in [1.807, 2.05) is 17.0 Å². The lowest BCUT2D eigenvalue weighted by molar-refractivity contribution is -0.134. The molecule has 1 amide bonds. The zero-order chi connectivity index (χ0) is 14.3. The largest absolute Gasteiger partial charge is 0.393 e. The number of rotatable bonds is 2. The van der Waals surface area contributed by atoms with Crippen LogP contribution < -0.4 is 0 Å². The number of hydrogen-bond acceptors (Lipinski definition) is 2. The molecule has 1 heterocycles. The zero-order valence-corrected chi connectivity index (χ0v) is 12.6. The van der Waals surface area contributed by atoms with Crippen molar-refractivity contribution < 1.29 is 9.90 Å². The maximum atomic E-state index is 12.4. The Kier molecular flexibility index (Phi) is 3.93. The van der Waals surface area contributed by atoms with Crippen molar-refractivity contribution >= 4 is 29.1 Å². The van der Waals surface area contributed by atoms with Crippen LogP contribution in [-0.2, 0) is 4.79 Å². The Hall–Kier alpha value is -0.770. The first-order valence-electron chi connectivity index (χ1n) is 6.98. The summed E-state index contributed by atoms with van der Waals surface area (Å²) in [6.07, 6.45) is 1.98. The average Bonchev–Trinajstić information content (AvgIpc) is 3.19. The third-order valence-corrected chi connectivity index (χ3v) is 4.81. The number of carbonyl (C=O) groups excluding carboxylic acids is 1. The highest BCUT2D eigenvalue weighted by atomic mass is 35.5. The molecule has 0 aromatic heterocycles. The fourth-order valence-electron chi connectivity index (χ4n) is 2.93. The summed E-state index contributed by atoms with van der Waals surface area (Å²) in [5, 5.41) is 10.8. The Morgan fingerprint density at radius 2 is 1.95 bits per heavy atom. The Bertz CT molecular complexity index is 527. The fourth-order valence-corrected chi connectivity index (χ4v) is 3.48. The van der Waals surface area contributed by atoms with Gasteiger partial charge in [-0.3, -0.25) is 4.79 Å². The molecule has 0 radical (unpaired) electrons. The number of benzene rings is 1. The van der Waals surface area contributed by atoms with Crippen molar-refractivity contribution in [3.05, 3.63) is 33.8 Å². The molecule has 2 aliphatic rings. The van der Waals surface area contributed by atoms with Crippen LogP contribution in [0.5, 0.6) is 0 Å². The molecular formula is C15H17Cl2NO2. The van der Waals surface area contributed by atoms with E-state index in [0.717, 1.165) is 12.0 Å². The summed E-state index contributed by atoms with van der Waals surface area (Å²) in [7, 11) is 0. The number of carbonyl (C=O) groups is 1. The van der Waals surface area contributed by atoms with Gasteiger partial charge in [0.05, 0.1) is 6.10 Å². The van der Waals surface area contributed by atoms with Gasteiger partial charge in [0.1, 0.15) is 0 Å². The van der Waals surface area contributed by atoms with Gasteiger partial charge in [-0.2, -0.15) is 0 Å². The van der Waals surface area contributed by atoms with E-state index < -0.39 is 0 Å². The number of halogens is 2. The Balaban J connectivity index is 1.65. The summed E-state index contributed by atoms with van der Waals surface area (Å²) in [6, 6.07) is 5.47. The van der Waals surface area contributed by atoms with Crippen LogP contribution >= 0.6 is 23.2 Å². The summed E-state index contributed by atoms with van der Waals surface area (Å²) in [6.45, 7) is 1.33. The minimum absolute atomic E-state index is 0.0453. The summed E-state index contributed by atoms with van der Waals surface area (Å²) in [4.78, 5) is 14.3. The number of nitrogens with zero attached hydrogens (tertiary/aromatic N) is 1. The van der Waals surface area contributed by atoms with Crippen molar-refractivity contribution in [2.24, 2.45) is 5.92 Å². The van der Waals surface area contributed by atoms with Crippen molar-refractivity contribution in [1.29, 1.82) is 0 Å². The van der Waals surface area contributed by atoms with Crippen molar-refractivity contribution in [1.82, 2.24) is 4.90 Å². The van der Waals surface area contributed by atoms with E-state index in [9.17, 15) is 9.90 Å². The Morgan fingerprint density at radius 1 is 1.25 bits per heavy atom. The van der Waals surface area contributed by atoms with E-state index in [4.69, 9.17) is 23.2 Å². The van der Waals surface area contributed by atoms with E-state index in [1.54, 1.807) is 6.07 Å². The van der Waals surface area contributed by atoms with E-state index in [2.05, 4.69) is 0 Å². The molecule has 1 N–H and O–H groups in total. The van der Waals surface area contributed by atoms with E-state index in [0.29, 0.717) is 36.0 Å². The quantitative estimate of drug-likeness (QED) is 0.911. The molecule has 2 unspecified atom stereocenters. The predicted molar refractivity (Wildman–Crippen MR) is 79.1 cm³/mol. The summed E-state index contributed by atoms with van der Waals surface area (Å²) in [5.74, 6) is 0.468. The molecular weight excluding hydrogens is 297 g/mol. The van der Waals surface area contributed by atoms with Crippen LogP contribution in [0.3, 0.4) is 0 Å². The van der Waals surface area contributed by atoms with Crippen LogP contribution in [0.4, 0.5) is 0 Å². The molecule has 5 heteroatoms. The van der Waals surface area contributed by atoms with Crippen LogP contribution in [0.1, 0.15) is 30.7 Å². The Labute approximate surface area is 128 Å². The lowest BCUT2D eigenvalue weighted by Crippen LogP contribution is -2.41. The first-order chi connectivity index (χ1) is 9.56. The summed E-state index contributed by atoms with van der Waals surface area (Å²) < 4.78 is 0. The highest BCUT2D eigenvalue weighted by Crippen LogP contribution is 2.51. The molecule has 2 atom stereocenters. The van der Waals surface area contributed by atoms with Gasteiger partial charge >= 0.3 is 0 Å². The van der Waals surface area contributed by atoms with Gasteiger partial charge in [0.2, 0.25) is 5.91 Å². The topological polar surface area (TPSA) is 40.5 Å². The van der Waals surface area contributed by atoms with E-state index in [1.165, 1.54) is 0 Å². The molecule has 1 aromatic carbocycles. The van der Waals surface area contributed by atoms with Crippen LogP contribution in [0.15, 0.2) is 18.2 Å². The zero-order valence-electron chi connectivity index (χ0n) is 11.1. The van der Waals surface area contributed by atoms with Crippen molar-refractivity contribution in [2.45, 2.75) is 31.3 Å². The van der Waals surface area contributed by atoms with Gasteiger partial charge in [-0.1, -0.05) is 29.3 Å². The second-order valence-corrected chi connectivity index (χ2v) is 6.51. The average molecular weight is 314 g/mol. The van der Waals surface area contributed by atoms with Crippen molar-refractivity contribution in [2.75, 3.05) is 13.1 Å². The van der Waals surface area contributed by atoms with Gasteiger partial charge in [-0.05, 0) is 42.9 Å². The lowest BCUT2D eigenvalue weighted by atomic mass is 10.1. The standard InChI is InChI=1S/C15H17Cl2NO2/c16-9-1-2-11(14(17)7-9)12-8-13(12)15(20)18-5-3-10(19)4-6-18/h1-2,7,10,12-13,19H,3-6,8H2. The van der Waals surface area contributed by atoms with Gasteiger partial charge in [0, 0.05) is 29.1 Å². The maximum Gasteiger partial charge on any atom is 0.226 e. The van der Waals surface area contributed by atoms with Crippen LogP contribution in [0, 0.1) is 5.92 Å². The van der Waals surface area contributed by atoms with Crippen LogP contribution in [0.2, 0.25) is 10.0 Å². The molecule has 2 fully saturated rings. The minimum Gasteiger partial charge on any atom is -0.393 e. The molecule has 1 aliphatic heterocycles. The second kappa shape index (κ2) is 5.55. The SMILES string of the molecule is O=C(C1CC1c1ccc(Cl)cc1Cl)N1CCC(O)CC1. The third kappa shape index (κ3) is 2.80. The van der Waals surface area contributed by atoms with E-state index in [-0.39, 0.29) is 23.8 Å². The maximum absolute atomic E-state index is 12.4. The predicted octanol–water partition coefficient (Wildman–Crippen LogP) is 3.08. The summed E-state index contributed by atoms with van der Waals surface area (Å²) in [5.41, 5.74) is 1.02. The molecule has 20 heavy (non-hydrogen) atoms. The van der Waals surface area contributed by atoms with Crippen LogP contribution in [0.25, 0.3) is 0 Å². The smallest absolute Gasteiger partial charge is 0.226 e. The van der Waals surface area contributed by atoms with Gasteiger partial charge < -0.3 is 10.0 Å². The highest BCUT2D eigenvalue weighted by Gasteiger charge is 2.46. The molecule has 0 spiro atoms. The molecule has 3 nitrogen and oxygen atoms in total. The first-order valence-corrected chi connectivity index (χ1v) is 7.73. The van der Waals surface area contributed by atoms with Gasteiger partial charge in [-0.25, -0.2) is 0 Å².